The van der Waals surface area contributed by atoms with Crippen LogP contribution in [-0.2, 0) is 6.61 Å². The van der Waals surface area contributed by atoms with Gasteiger partial charge in [-0.2, -0.15) is 10.2 Å². The van der Waals surface area contributed by atoms with Gasteiger partial charge in [0.25, 0.3) is 0 Å². The van der Waals surface area contributed by atoms with E-state index < -0.39 is 0 Å². The molecule has 0 spiro atoms. The molecule has 0 unspecified atom stereocenters. The number of ether oxygens (including phenoxy) is 3. The highest BCUT2D eigenvalue weighted by atomic mass is 16.7. The van der Waals surface area contributed by atoms with Gasteiger partial charge in [-0.25, -0.2) is 4.98 Å². The molecule has 0 fully saturated rings. The highest BCUT2D eigenvalue weighted by molar-refractivity contribution is 5.44. The van der Waals surface area contributed by atoms with Crippen molar-refractivity contribution in [2.75, 3.05) is 6.79 Å². The molecule has 0 saturated carbocycles. The summed E-state index contributed by atoms with van der Waals surface area (Å²) in [6.45, 7) is 2.33. The third kappa shape index (κ3) is 2.47. The second-order valence-electron chi connectivity index (χ2n) is 4.27. The Morgan fingerprint density at radius 1 is 1.25 bits per heavy atom. The van der Waals surface area contributed by atoms with E-state index in [1.807, 2.05) is 24.3 Å². The minimum absolute atomic E-state index is 0.194. The van der Waals surface area contributed by atoms with Gasteiger partial charge in [-0.1, -0.05) is 6.07 Å². The maximum Gasteiger partial charge on any atom is 0.318 e. The quantitative estimate of drug-likeness (QED) is 0.847. The minimum Gasteiger partial charge on any atom is -0.459 e. The summed E-state index contributed by atoms with van der Waals surface area (Å²) in [6, 6.07) is 9.34. The Bertz CT molecular complexity index is 695. The normalized spacial score (nSPS) is 12.0. The Morgan fingerprint density at radius 3 is 2.95 bits per heavy atom. The first-order valence-electron chi connectivity index (χ1n) is 6.02. The van der Waals surface area contributed by atoms with Crippen LogP contribution < -0.4 is 14.2 Å². The van der Waals surface area contributed by atoms with E-state index in [0.717, 1.165) is 11.3 Å². The number of hydrogen-bond acceptors (Lipinski definition) is 6. The van der Waals surface area contributed by atoms with Gasteiger partial charge < -0.3 is 14.2 Å². The van der Waals surface area contributed by atoms with E-state index in [-0.39, 0.29) is 18.5 Å². The van der Waals surface area contributed by atoms with Crippen LogP contribution in [0.4, 0.5) is 0 Å². The van der Waals surface area contributed by atoms with E-state index in [0.29, 0.717) is 18.1 Å². The van der Waals surface area contributed by atoms with Gasteiger partial charge in [0.05, 0.1) is 0 Å². The van der Waals surface area contributed by atoms with E-state index in [1.54, 1.807) is 13.0 Å². The lowest BCUT2D eigenvalue weighted by molar-refractivity contribution is 0.174. The van der Waals surface area contributed by atoms with Gasteiger partial charge in [0, 0.05) is 5.69 Å². The number of hydrogen-bond donors (Lipinski definition) is 0. The van der Waals surface area contributed by atoms with Gasteiger partial charge in [-0.05, 0) is 30.7 Å². The number of fused-ring (bicyclic) bond motifs is 1. The molecule has 6 heteroatoms. The minimum atomic E-state index is 0.194. The molecule has 2 aromatic rings. The average molecular weight is 269 g/mol. The zero-order chi connectivity index (χ0) is 13.9. The summed E-state index contributed by atoms with van der Waals surface area (Å²) < 4.78 is 16.0. The number of aromatic nitrogens is 2. The summed E-state index contributed by atoms with van der Waals surface area (Å²) in [5, 5.41) is 8.85. The highest BCUT2D eigenvalue weighted by Gasteiger charge is 2.13. The van der Waals surface area contributed by atoms with Crippen LogP contribution in [0.2, 0.25) is 0 Å². The molecule has 0 atom stereocenters. The Balaban J connectivity index is 1.73. The van der Waals surface area contributed by atoms with Gasteiger partial charge in [0.1, 0.15) is 18.4 Å². The second-order valence-corrected chi connectivity index (χ2v) is 4.27. The van der Waals surface area contributed by atoms with Crippen LogP contribution in [0.5, 0.6) is 17.5 Å². The van der Waals surface area contributed by atoms with Gasteiger partial charge in [-0.15, -0.1) is 0 Å². The van der Waals surface area contributed by atoms with Crippen molar-refractivity contribution in [2.45, 2.75) is 13.5 Å². The SMILES string of the molecule is Cc1cc(C#N)nc(OCc2ccc3c(c2)OCO3)n1. The van der Waals surface area contributed by atoms with Crippen molar-refractivity contribution in [3.63, 3.8) is 0 Å². The van der Waals surface area contributed by atoms with Crippen LogP contribution in [0.3, 0.4) is 0 Å². The number of rotatable bonds is 3. The smallest absolute Gasteiger partial charge is 0.318 e. The van der Waals surface area contributed by atoms with Crippen molar-refractivity contribution < 1.29 is 14.2 Å². The summed E-state index contributed by atoms with van der Waals surface area (Å²) in [6.07, 6.45) is 0. The lowest BCUT2D eigenvalue weighted by Crippen LogP contribution is -2.01. The molecule has 0 amide bonds. The molecule has 1 aliphatic rings. The predicted molar refractivity (Wildman–Crippen MR) is 68.4 cm³/mol. The zero-order valence-electron chi connectivity index (χ0n) is 10.8. The molecule has 0 aliphatic carbocycles. The third-order valence-electron chi connectivity index (χ3n) is 2.75. The maximum atomic E-state index is 8.85. The first-order chi connectivity index (χ1) is 9.74. The van der Waals surface area contributed by atoms with E-state index in [2.05, 4.69) is 9.97 Å². The lowest BCUT2D eigenvalue weighted by atomic mass is 10.2. The molecule has 1 aliphatic heterocycles. The molecule has 0 N–H and O–H groups in total. The fourth-order valence-corrected chi connectivity index (χ4v) is 1.84. The van der Waals surface area contributed by atoms with Crippen molar-refractivity contribution in [3.8, 4) is 23.6 Å². The molecule has 2 heterocycles. The van der Waals surface area contributed by atoms with Crippen molar-refractivity contribution >= 4 is 0 Å². The molecule has 0 radical (unpaired) electrons. The third-order valence-corrected chi connectivity index (χ3v) is 2.75. The van der Waals surface area contributed by atoms with Gasteiger partial charge in [0.15, 0.2) is 11.5 Å². The number of nitrogens with zero attached hydrogens (tertiary/aromatic N) is 3. The first kappa shape index (κ1) is 12.2. The lowest BCUT2D eigenvalue weighted by Gasteiger charge is -2.06. The summed E-state index contributed by atoms with van der Waals surface area (Å²) in [5.41, 5.74) is 1.90. The Labute approximate surface area is 115 Å². The van der Waals surface area contributed by atoms with Crippen LogP contribution in [-0.4, -0.2) is 16.8 Å². The molecule has 3 rings (SSSR count). The van der Waals surface area contributed by atoms with Crippen molar-refractivity contribution in [2.24, 2.45) is 0 Å². The molecule has 0 bridgehead atoms. The van der Waals surface area contributed by atoms with E-state index >= 15 is 0 Å². The summed E-state index contributed by atoms with van der Waals surface area (Å²) in [5.74, 6) is 1.43. The van der Waals surface area contributed by atoms with Gasteiger partial charge in [-0.3, -0.25) is 0 Å². The Hall–Kier alpha value is -2.81. The first-order valence-corrected chi connectivity index (χ1v) is 6.02. The van der Waals surface area contributed by atoms with Crippen LogP contribution >= 0.6 is 0 Å². The van der Waals surface area contributed by atoms with Crippen molar-refractivity contribution in [1.82, 2.24) is 9.97 Å². The predicted octanol–water partition coefficient (Wildman–Crippen LogP) is 1.96. The molecule has 100 valence electrons. The van der Waals surface area contributed by atoms with Crippen LogP contribution in [0.1, 0.15) is 17.0 Å². The molecule has 20 heavy (non-hydrogen) atoms. The van der Waals surface area contributed by atoms with E-state index in [4.69, 9.17) is 19.5 Å². The fourth-order valence-electron chi connectivity index (χ4n) is 1.84. The largest absolute Gasteiger partial charge is 0.459 e. The maximum absolute atomic E-state index is 8.85. The molecular formula is C14H11N3O3. The standard InChI is InChI=1S/C14H11N3O3/c1-9-4-11(6-15)17-14(16-9)18-7-10-2-3-12-13(5-10)20-8-19-12/h2-5H,7-8H2,1H3. The average Bonchev–Trinajstić information content (AvgIpc) is 2.92. The van der Waals surface area contributed by atoms with Crippen molar-refractivity contribution in [3.05, 3.63) is 41.2 Å². The van der Waals surface area contributed by atoms with Crippen LogP contribution in [0.15, 0.2) is 24.3 Å². The zero-order valence-corrected chi connectivity index (χ0v) is 10.8. The molecule has 6 nitrogen and oxygen atoms in total. The Kier molecular flexibility index (Phi) is 3.09. The summed E-state index contributed by atoms with van der Waals surface area (Å²) in [7, 11) is 0. The molecule has 1 aromatic carbocycles. The second kappa shape index (κ2) is 5.05. The molecule has 1 aromatic heterocycles. The number of aryl methyl sites for hydroxylation is 1. The van der Waals surface area contributed by atoms with Crippen LogP contribution in [0, 0.1) is 18.3 Å². The number of benzene rings is 1. The van der Waals surface area contributed by atoms with E-state index in [1.165, 1.54) is 0 Å². The topological polar surface area (TPSA) is 77.3 Å². The Morgan fingerprint density at radius 2 is 2.10 bits per heavy atom. The molecular weight excluding hydrogens is 258 g/mol. The summed E-state index contributed by atoms with van der Waals surface area (Å²) in [4.78, 5) is 8.12. The van der Waals surface area contributed by atoms with Crippen molar-refractivity contribution in [1.29, 1.82) is 5.26 Å². The highest BCUT2D eigenvalue weighted by Crippen LogP contribution is 2.32. The monoisotopic (exact) mass is 269 g/mol. The summed E-state index contributed by atoms with van der Waals surface area (Å²) >= 11 is 0. The van der Waals surface area contributed by atoms with Crippen LogP contribution in [0.25, 0.3) is 0 Å². The fraction of sp³-hybridized carbons (Fsp3) is 0.214. The molecule has 0 saturated heterocycles. The number of nitriles is 1. The van der Waals surface area contributed by atoms with Gasteiger partial charge >= 0.3 is 6.01 Å². The van der Waals surface area contributed by atoms with Gasteiger partial charge in [0.2, 0.25) is 6.79 Å². The van der Waals surface area contributed by atoms with E-state index in [9.17, 15) is 0 Å².